The van der Waals surface area contributed by atoms with Crippen LogP contribution in [-0.2, 0) is 15.6 Å². The summed E-state index contributed by atoms with van der Waals surface area (Å²) < 4.78 is 40.1. The molecule has 198 valence electrons. The van der Waals surface area contributed by atoms with E-state index in [4.69, 9.17) is 21.1 Å². The highest BCUT2D eigenvalue weighted by Gasteiger charge is 2.34. The van der Waals surface area contributed by atoms with Gasteiger partial charge in [-0.05, 0) is 12.8 Å². The van der Waals surface area contributed by atoms with E-state index in [9.17, 15) is 8.42 Å². The molecule has 38 heavy (non-hydrogen) atoms. The molecule has 0 amide bonds. The lowest BCUT2D eigenvalue weighted by Gasteiger charge is -2.32. The van der Waals surface area contributed by atoms with Gasteiger partial charge in [-0.3, -0.25) is 4.57 Å². The number of nitrogens with zero attached hydrogens (tertiary/aromatic N) is 8. The van der Waals surface area contributed by atoms with Crippen LogP contribution in [0.1, 0.15) is 18.7 Å². The van der Waals surface area contributed by atoms with Crippen LogP contribution >= 0.6 is 11.6 Å². The standard InChI is InChI=1S/C24H25ClN8O4S/c1-36-22-20(23(37-2)29-15-28-22)33-19(30-31-21(33)16-7-4-3-5-8-16)14-38(34,35)18-9-6-10-32(13-18)24-26-11-17(25)12-27-24/h3-5,7-8,11-12,15,18H,6,9-10,13-14H2,1-2H3/t18-/m0/s1. The zero-order valence-electron chi connectivity index (χ0n) is 20.7. The summed E-state index contributed by atoms with van der Waals surface area (Å²) in [6.45, 7) is 0.905. The van der Waals surface area contributed by atoms with Crippen molar-refractivity contribution in [3.63, 3.8) is 0 Å². The molecule has 5 rings (SSSR count). The number of benzene rings is 1. The number of hydrogen-bond donors (Lipinski definition) is 0. The first-order valence-electron chi connectivity index (χ1n) is 11.8. The lowest BCUT2D eigenvalue weighted by Crippen LogP contribution is -2.43. The fourth-order valence-electron chi connectivity index (χ4n) is 4.44. The SMILES string of the molecule is COc1ncnc(OC)c1-n1c(CS(=O)(=O)[C@H]2CCCN(c3ncc(Cl)cn3)C2)nnc1-c1ccccc1. The first-order chi connectivity index (χ1) is 18.4. The van der Waals surface area contributed by atoms with Crippen LogP contribution in [0.3, 0.4) is 0 Å². The summed E-state index contributed by atoms with van der Waals surface area (Å²) in [5.74, 6) is 1.05. The van der Waals surface area contributed by atoms with Gasteiger partial charge >= 0.3 is 0 Å². The topological polar surface area (TPSA) is 138 Å². The second kappa shape index (κ2) is 10.9. The maximum Gasteiger partial charge on any atom is 0.245 e. The van der Waals surface area contributed by atoms with Gasteiger partial charge in [0.05, 0.1) is 36.9 Å². The molecule has 14 heteroatoms. The first-order valence-corrected chi connectivity index (χ1v) is 13.9. The summed E-state index contributed by atoms with van der Waals surface area (Å²) in [5, 5.41) is 8.41. The molecule has 1 aliphatic rings. The maximum absolute atomic E-state index is 13.8. The van der Waals surface area contributed by atoms with Crippen LogP contribution in [0.25, 0.3) is 17.1 Å². The third-order valence-corrected chi connectivity index (χ3v) is 8.49. The van der Waals surface area contributed by atoms with Crippen molar-refractivity contribution in [2.24, 2.45) is 0 Å². The number of hydrogen-bond acceptors (Lipinski definition) is 11. The summed E-state index contributed by atoms with van der Waals surface area (Å²) in [6.07, 6.45) is 5.48. The highest BCUT2D eigenvalue weighted by atomic mass is 35.5. The minimum absolute atomic E-state index is 0.190. The number of anilines is 1. The van der Waals surface area contributed by atoms with Crippen LogP contribution in [0.5, 0.6) is 11.8 Å². The van der Waals surface area contributed by atoms with E-state index in [0.717, 1.165) is 5.56 Å². The molecule has 4 aromatic rings. The summed E-state index contributed by atoms with van der Waals surface area (Å²) >= 11 is 5.92. The highest BCUT2D eigenvalue weighted by Crippen LogP contribution is 2.34. The van der Waals surface area contributed by atoms with Crippen molar-refractivity contribution in [3.05, 3.63) is 59.9 Å². The van der Waals surface area contributed by atoms with E-state index in [2.05, 4.69) is 30.1 Å². The largest absolute Gasteiger partial charge is 0.479 e. The molecule has 0 saturated carbocycles. The minimum Gasteiger partial charge on any atom is -0.479 e. The van der Waals surface area contributed by atoms with E-state index in [1.807, 2.05) is 35.2 Å². The summed E-state index contributed by atoms with van der Waals surface area (Å²) in [7, 11) is -0.769. The highest BCUT2D eigenvalue weighted by molar-refractivity contribution is 7.91. The Labute approximate surface area is 224 Å². The van der Waals surface area contributed by atoms with Crippen molar-refractivity contribution in [3.8, 4) is 28.8 Å². The average molecular weight is 557 g/mol. The van der Waals surface area contributed by atoms with Gasteiger partial charge in [0.25, 0.3) is 0 Å². The van der Waals surface area contributed by atoms with Crippen molar-refractivity contribution < 1.29 is 17.9 Å². The quantitative estimate of drug-likeness (QED) is 0.316. The molecular formula is C24H25ClN8O4S. The van der Waals surface area contributed by atoms with Crippen molar-refractivity contribution in [2.75, 3.05) is 32.2 Å². The fourth-order valence-corrected chi connectivity index (χ4v) is 6.25. The van der Waals surface area contributed by atoms with Crippen LogP contribution in [0.2, 0.25) is 5.02 Å². The number of halogens is 1. The number of ether oxygens (including phenoxy) is 2. The van der Waals surface area contributed by atoms with E-state index < -0.39 is 15.1 Å². The zero-order chi connectivity index (χ0) is 26.7. The Balaban J connectivity index is 1.54. The van der Waals surface area contributed by atoms with Crippen LogP contribution < -0.4 is 14.4 Å². The Morgan fingerprint density at radius 2 is 1.68 bits per heavy atom. The molecule has 4 heterocycles. The molecule has 1 saturated heterocycles. The molecule has 1 aromatic carbocycles. The van der Waals surface area contributed by atoms with Gasteiger partial charge in [0.1, 0.15) is 12.1 Å². The van der Waals surface area contributed by atoms with Gasteiger partial charge < -0.3 is 14.4 Å². The van der Waals surface area contributed by atoms with Crippen molar-refractivity contribution >= 4 is 27.4 Å². The Morgan fingerprint density at radius 1 is 1.00 bits per heavy atom. The Morgan fingerprint density at radius 3 is 2.34 bits per heavy atom. The van der Waals surface area contributed by atoms with Crippen molar-refractivity contribution in [2.45, 2.75) is 23.8 Å². The summed E-state index contributed by atoms with van der Waals surface area (Å²) in [5.41, 5.74) is 1.03. The average Bonchev–Trinajstić information content (AvgIpc) is 3.35. The fraction of sp³-hybridized carbons (Fsp3) is 0.333. The van der Waals surface area contributed by atoms with Crippen LogP contribution in [0.4, 0.5) is 5.95 Å². The zero-order valence-corrected chi connectivity index (χ0v) is 22.3. The van der Waals surface area contributed by atoms with Crippen LogP contribution in [0, 0.1) is 0 Å². The maximum atomic E-state index is 13.8. The lowest BCUT2D eigenvalue weighted by atomic mass is 10.1. The van der Waals surface area contributed by atoms with Gasteiger partial charge in [-0.25, -0.2) is 18.4 Å². The third kappa shape index (κ3) is 5.11. The second-order valence-electron chi connectivity index (χ2n) is 8.60. The van der Waals surface area contributed by atoms with E-state index in [0.29, 0.717) is 41.9 Å². The monoisotopic (exact) mass is 556 g/mol. The molecule has 0 aliphatic carbocycles. The van der Waals surface area contributed by atoms with E-state index in [-0.39, 0.29) is 29.9 Å². The van der Waals surface area contributed by atoms with Crippen molar-refractivity contribution in [1.29, 1.82) is 0 Å². The molecule has 12 nitrogen and oxygen atoms in total. The van der Waals surface area contributed by atoms with Gasteiger partial charge in [-0.2, -0.15) is 9.97 Å². The van der Waals surface area contributed by atoms with Gasteiger partial charge in [-0.1, -0.05) is 41.9 Å². The van der Waals surface area contributed by atoms with Crippen LogP contribution in [0.15, 0.2) is 49.1 Å². The van der Waals surface area contributed by atoms with Gasteiger partial charge in [0.15, 0.2) is 27.2 Å². The molecular weight excluding hydrogens is 532 g/mol. The molecule has 1 atom stereocenters. The second-order valence-corrected chi connectivity index (χ2v) is 11.3. The first kappa shape index (κ1) is 25.8. The normalized spacial score (nSPS) is 15.9. The molecule has 0 N–H and O–H groups in total. The molecule has 0 unspecified atom stereocenters. The van der Waals surface area contributed by atoms with Gasteiger partial charge in [0.2, 0.25) is 17.7 Å². The molecule has 1 fully saturated rings. The molecule has 0 bridgehead atoms. The minimum atomic E-state index is -3.69. The number of methoxy groups -OCH3 is 2. The predicted molar refractivity (Wildman–Crippen MR) is 140 cm³/mol. The van der Waals surface area contributed by atoms with Gasteiger partial charge in [-0.15, -0.1) is 10.2 Å². The van der Waals surface area contributed by atoms with E-state index in [1.165, 1.54) is 32.9 Å². The number of aromatic nitrogens is 7. The molecule has 1 aliphatic heterocycles. The Hall–Kier alpha value is -3.84. The lowest BCUT2D eigenvalue weighted by molar-refractivity contribution is 0.368. The summed E-state index contributed by atoms with van der Waals surface area (Å²) in [4.78, 5) is 18.8. The smallest absolute Gasteiger partial charge is 0.245 e. The third-order valence-electron chi connectivity index (χ3n) is 6.23. The number of piperidine rings is 1. The van der Waals surface area contributed by atoms with Gasteiger partial charge in [0, 0.05) is 18.7 Å². The van der Waals surface area contributed by atoms with E-state index >= 15 is 0 Å². The van der Waals surface area contributed by atoms with Crippen molar-refractivity contribution in [1.82, 2.24) is 34.7 Å². The van der Waals surface area contributed by atoms with Crippen LogP contribution in [-0.4, -0.2) is 75.7 Å². The summed E-state index contributed by atoms with van der Waals surface area (Å²) in [6, 6.07) is 9.30. The number of sulfone groups is 1. The molecule has 0 radical (unpaired) electrons. The number of rotatable bonds is 8. The van der Waals surface area contributed by atoms with E-state index in [1.54, 1.807) is 4.57 Å². The Kier molecular flexibility index (Phi) is 7.38. The Bertz CT molecular complexity index is 1490. The molecule has 3 aromatic heterocycles. The molecule has 0 spiro atoms. The predicted octanol–water partition coefficient (Wildman–Crippen LogP) is 2.77.